The van der Waals surface area contributed by atoms with E-state index in [9.17, 15) is 0 Å². The molecule has 2 rings (SSSR count). The molecule has 13 heavy (non-hydrogen) atoms. The highest BCUT2D eigenvalue weighted by atomic mass is 15.2. The van der Waals surface area contributed by atoms with Crippen molar-refractivity contribution in [2.24, 2.45) is 0 Å². The summed E-state index contributed by atoms with van der Waals surface area (Å²) in [6.07, 6.45) is 2.70. The summed E-state index contributed by atoms with van der Waals surface area (Å²) in [5.41, 5.74) is 1.25. The summed E-state index contributed by atoms with van der Waals surface area (Å²) < 4.78 is 0. The molecule has 0 aliphatic heterocycles. The summed E-state index contributed by atoms with van der Waals surface area (Å²) in [7, 11) is 0. The Morgan fingerprint density at radius 2 is 2.15 bits per heavy atom. The lowest BCUT2D eigenvalue weighted by Crippen LogP contribution is -1.98. The Morgan fingerprint density at radius 1 is 1.31 bits per heavy atom. The largest absolute Gasteiger partial charge is 0.366 e. The molecule has 0 bridgehead atoms. The number of hydrogen-bond donors (Lipinski definition) is 2. The molecule has 2 aromatic rings. The Morgan fingerprint density at radius 3 is 2.85 bits per heavy atom. The van der Waals surface area contributed by atoms with Gasteiger partial charge in [-0.15, -0.1) is 0 Å². The molecule has 0 saturated carbocycles. The lowest BCUT2D eigenvalue weighted by atomic mass is 10.2. The SMILES string of the molecule is [c]1cc(NCc2ccccc2)[nH]n1. The number of nitrogens with zero attached hydrogens (tertiary/aromatic N) is 1. The van der Waals surface area contributed by atoms with Crippen LogP contribution in [0.2, 0.25) is 0 Å². The number of benzene rings is 1. The summed E-state index contributed by atoms with van der Waals surface area (Å²) in [6.45, 7) is 0.802. The highest BCUT2D eigenvalue weighted by molar-refractivity contribution is 5.32. The summed E-state index contributed by atoms with van der Waals surface area (Å²) >= 11 is 0. The zero-order valence-electron chi connectivity index (χ0n) is 7.12. The Bertz CT molecular complexity index is 340. The van der Waals surface area contributed by atoms with Gasteiger partial charge >= 0.3 is 0 Å². The van der Waals surface area contributed by atoms with Gasteiger partial charge in [-0.2, -0.15) is 5.10 Å². The Balaban J connectivity index is 1.94. The van der Waals surface area contributed by atoms with Crippen molar-refractivity contribution in [3.05, 3.63) is 48.2 Å². The minimum absolute atomic E-state index is 0.802. The third kappa shape index (κ3) is 2.08. The van der Waals surface area contributed by atoms with E-state index in [1.54, 1.807) is 6.07 Å². The van der Waals surface area contributed by atoms with Gasteiger partial charge in [-0.05, 0) is 5.56 Å². The van der Waals surface area contributed by atoms with Gasteiger partial charge in [-0.3, -0.25) is 5.10 Å². The van der Waals surface area contributed by atoms with Gasteiger partial charge < -0.3 is 5.32 Å². The van der Waals surface area contributed by atoms with Gasteiger partial charge in [0.25, 0.3) is 0 Å². The quantitative estimate of drug-likeness (QED) is 0.741. The first-order chi connectivity index (χ1) is 6.45. The van der Waals surface area contributed by atoms with Crippen molar-refractivity contribution in [3.63, 3.8) is 0 Å². The fraction of sp³-hybridized carbons (Fsp3) is 0.100. The zero-order valence-corrected chi connectivity index (χ0v) is 7.12. The lowest BCUT2D eigenvalue weighted by molar-refractivity contribution is 1.05. The van der Waals surface area contributed by atoms with Crippen LogP contribution in [0.1, 0.15) is 5.56 Å². The van der Waals surface area contributed by atoms with Crippen LogP contribution in [0, 0.1) is 6.20 Å². The van der Waals surface area contributed by atoms with Crippen LogP contribution in [0.4, 0.5) is 5.82 Å². The van der Waals surface area contributed by atoms with Crippen molar-refractivity contribution in [2.75, 3.05) is 5.32 Å². The van der Waals surface area contributed by atoms with Crippen LogP contribution < -0.4 is 5.32 Å². The van der Waals surface area contributed by atoms with Gasteiger partial charge in [-0.25, -0.2) is 0 Å². The van der Waals surface area contributed by atoms with Gasteiger partial charge in [0.2, 0.25) is 0 Å². The first kappa shape index (κ1) is 7.86. The molecule has 0 spiro atoms. The molecular weight excluding hydrogens is 162 g/mol. The van der Waals surface area contributed by atoms with Crippen LogP contribution >= 0.6 is 0 Å². The van der Waals surface area contributed by atoms with E-state index < -0.39 is 0 Å². The molecule has 0 aliphatic rings. The summed E-state index contributed by atoms with van der Waals surface area (Å²) in [5.74, 6) is 0.892. The summed E-state index contributed by atoms with van der Waals surface area (Å²) in [5, 5.41) is 9.70. The highest BCUT2D eigenvalue weighted by Gasteiger charge is 1.92. The van der Waals surface area contributed by atoms with E-state index in [4.69, 9.17) is 0 Å². The van der Waals surface area contributed by atoms with Crippen LogP contribution in [-0.2, 0) is 6.54 Å². The molecule has 3 nitrogen and oxygen atoms in total. The molecule has 0 atom stereocenters. The molecule has 3 heteroatoms. The molecule has 1 radical (unpaired) electrons. The number of rotatable bonds is 3. The third-order valence-electron chi connectivity index (χ3n) is 1.78. The van der Waals surface area contributed by atoms with Crippen LogP contribution in [0.5, 0.6) is 0 Å². The van der Waals surface area contributed by atoms with Crippen molar-refractivity contribution in [3.8, 4) is 0 Å². The second-order valence-corrected chi connectivity index (χ2v) is 2.75. The third-order valence-corrected chi connectivity index (χ3v) is 1.78. The normalized spacial score (nSPS) is 9.85. The van der Waals surface area contributed by atoms with E-state index in [1.807, 2.05) is 18.2 Å². The molecule has 0 unspecified atom stereocenters. The predicted octanol–water partition coefficient (Wildman–Crippen LogP) is 1.82. The standard InChI is InChI=1S/C10H10N3/c1-2-4-9(5-3-1)8-11-10-6-7-12-13-10/h1-6H,8H2,(H2,11,12,13). The minimum atomic E-state index is 0.802. The lowest BCUT2D eigenvalue weighted by Gasteiger charge is -2.02. The maximum Gasteiger partial charge on any atom is 0.122 e. The predicted molar refractivity (Wildman–Crippen MR) is 51.2 cm³/mol. The van der Waals surface area contributed by atoms with Crippen LogP contribution in [-0.4, -0.2) is 10.2 Å². The summed E-state index contributed by atoms with van der Waals surface area (Å²) in [6, 6.07) is 12.0. The smallest absolute Gasteiger partial charge is 0.122 e. The minimum Gasteiger partial charge on any atom is -0.366 e. The fourth-order valence-electron chi connectivity index (χ4n) is 1.11. The molecule has 1 aromatic heterocycles. The van der Waals surface area contributed by atoms with E-state index in [2.05, 4.69) is 33.8 Å². The fourth-order valence-corrected chi connectivity index (χ4v) is 1.11. The van der Waals surface area contributed by atoms with Gasteiger partial charge in [-0.1, -0.05) is 30.3 Å². The number of aromatic nitrogens is 2. The Kier molecular flexibility index (Phi) is 2.27. The molecule has 65 valence electrons. The summed E-state index contributed by atoms with van der Waals surface area (Å²) in [4.78, 5) is 0. The van der Waals surface area contributed by atoms with Crippen molar-refractivity contribution in [1.82, 2.24) is 10.2 Å². The van der Waals surface area contributed by atoms with E-state index in [0.717, 1.165) is 12.4 Å². The van der Waals surface area contributed by atoms with Crippen LogP contribution in [0.25, 0.3) is 0 Å². The number of nitrogens with one attached hydrogen (secondary N) is 2. The van der Waals surface area contributed by atoms with Gasteiger partial charge in [0.15, 0.2) is 0 Å². The van der Waals surface area contributed by atoms with Crippen molar-refractivity contribution < 1.29 is 0 Å². The van der Waals surface area contributed by atoms with Crippen LogP contribution in [0.3, 0.4) is 0 Å². The number of anilines is 1. The topological polar surface area (TPSA) is 40.7 Å². The molecular formula is C10H10N3. The van der Waals surface area contributed by atoms with Gasteiger partial charge in [0, 0.05) is 12.6 Å². The maximum absolute atomic E-state index is 3.72. The molecule has 0 saturated heterocycles. The van der Waals surface area contributed by atoms with Crippen LogP contribution in [0.15, 0.2) is 36.4 Å². The molecule has 0 aliphatic carbocycles. The second kappa shape index (κ2) is 3.76. The van der Waals surface area contributed by atoms with E-state index in [0.29, 0.717) is 0 Å². The van der Waals surface area contributed by atoms with Gasteiger partial charge in [0.1, 0.15) is 12.0 Å². The molecule has 1 heterocycles. The van der Waals surface area contributed by atoms with E-state index in [-0.39, 0.29) is 0 Å². The molecule has 0 amide bonds. The molecule has 0 fully saturated rings. The van der Waals surface area contributed by atoms with Crippen molar-refractivity contribution in [2.45, 2.75) is 6.54 Å². The zero-order chi connectivity index (χ0) is 8.93. The maximum atomic E-state index is 3.72. The van der Waals surface area contributed by atoms with Crippen molar-refractivity contribution >= 4 is 5.82 Å². The molecule has 1 aromatic carbocycles. The first-order valence-corrected chi connectivity index (χ1v) is 4.14. The number of hydrogen-bond acceptors (Lipinski definition) is 2. The van der Waals surface area contributed by atoms with Crippen molar-refractivity contribution in [1.29, 1.82) is 0 Å². The Hall–Kier alpha value is -1.77. The van der Waals surface area contributed by atoms with E-state index >= 15 is 0 Å². The average Bonchev–Trinajstić information content (AvgIpc) is 2.69. The number of H-pyrrole nitrogens is 1. The molecule has 2 N–H and O–H groups in total. The van der Waals surface area contributed by atoms with E-state index in [1.165, 1.54) is 5.56 Å². The van der Waals surface area contributed by atoms with Gasteiger partial charge in [0.05, 0.1) is 0 Å². The Labute approximate surface area is 76.8 Å². The number of aromatic amines is 1. The average molecular weight is 172 g/mol. The monoisotopic (exact) mass is 172 g/mol. The second-order valence-electron chi connectivity index (χ2n) is 2.75. The first-order valence-electron chi connectivity index (χ1n) is 4.14. The highest BCUT2D eigenvalue weighted by Crippen LogP contribution is 2.03.